The van der Waals surface area contributed by atoms with Gasteiger partial charge in [0.1, 0.15) is 5.82 Å². The predicted octanol–water partition coefficient (Wildman–Crippen LogP) is -1.46. The molecule has 6 heteroatoms. The number of H-pyrrole nitrogens is 2. The lowest BCUT2D eigenvalue weighted by Gasteiger charge is -2.16. The third-order valence-corrected chi connectivity index (χ3v) is 1.73. The van der Waals surface area contributed by atoms with Crippen LogP contribution in [0.1, 0.15) is 5.56 Å². The number of nitrogens with one attached hydrogen (secondary N) is 4. The van der Waals surface area contributed by atoms with Gasteiger partial charge >= 0.3 is 5.69 Å². The van der Waals surface area contributed by atoms with E-state index in [-0.39, 0.29) is 5.56 Å². The molecule has 1 aromatic heterocycles. The van der Waals surface area contributed by atoms with Crippen LogP contribution in [-0.4, -0.2) is 16.6 Å². The fourth-order valence-electron chi connectivity index (χ4n) is 1.17. The molecule has 64 valence electrons. The van der Waals surface area contributed by atoms with Gasteiger partial charge in [0.2, 0.25) is 0 Å². The predicted molar refractivity (Wildman–Crippen MR) is 43.0 cm³/mol. The highest BCUT2D eigenvalue weighted by molar-refractivity contribution is 5.43. The molecule has 6 nitrogen and oxygen atoms in total. The van der Waals surface area contributed by atoms with Crippen molar-refractivity contribution >= 4 is 5.82 Å². The Morgan fingerprint density at radius 1 is 1.17 bits per heavy atom. The standard InChI is InChI=1S/C6H8N4O2/c11-5-3-1-7-2-8-4(3)9-6(12)10-5/h7H,1-2H2,(H3,8,9,10,11,12). The zero-order valence-electron chi connectivity index (χ0n) is 6.23. The molecule has 0 saturated carbocycles. The molecule has 1 aliphatic rings. The van der Waals surface area contributed by atoms with Crippen LogP contribution in [0.15, 0.2) is 9.59 Å². The molecular weight excluding hydrogens is 160 g/mol. The summed E-state index contributed by atoms with van der Waals surface area (Å²) in [6, 6.07) is 0. The number of aromatic nitrogens is 2. The first-order valence-electron chi connectivity index (χ1n) is 3.57. The minimum atomic E-state index is -0.479. The minimum absolute atomic E-state index is 0.339. The van der Waals surface area contributed by atoms with E-state index in [0.717, 1.165) is 0 Å². The molecule has 0 fully saturated rings. The minimum Gasteiger partial charge on any atom is -0.359 e. The molecule has 0 amide bonds. The number of aromatic amines is 2. The van der Waals surface area contributed by atoms with Gasteiger partial charge in [-0.25, -0.2) is 4.79 Å². The number of hydrogen-bond acceptors (Lipinski definition) is 4. The van der Waals surface area contributed by atoms with Crippen molar-refractivity contribution in [2.24, 2.45) is 0 Å². The summed E-state index contributed by atoms with van der Waals surface area (Å²) in [5, 5.41) is 5.81. The van der Waals surface area contributed by atoms with E-state index in [1.165, 1.54) is 0 Å². The molecule has 0 aliphatic carbocycles. The number of fused-ring (bicyclic) bond motifs is 1. The van der Waals surface area contributed by atoms with Crippen molar-refractivity contribution in [2.45, 2.75) is 6.54 Å². The van der Waals surface area contributed by atoms with E-state index in [4.69, 9.17) is 0 Å². The van der Waals surface area contributed by atoms with E-state index in [9.17, 15) is 9.59 Å². The van der Waals surface area contributed by atoms with Gasteiger partial charge in [-0.1, -0.05) is 0 Å². The van der Waals surface area contributed by atoms with Gasteiger partial charge in [0, 0.05) is 6.54 Å². The Bertz CT molecular complexity index is 405. The highest BCUT2D eigenvalue weighted by atomic mass is 16.2. The van der Waals surface area contributed by atoms with Crippen LogP contribution >= 0.6 is 0 Å². The SMILES string of the molecule is O=c1[nH]c2c(c(=O)[nH]1)CNCN2. The lowest BCUT2D eigenvalue weighted by Crippen LogP contribution is -2.37. The molecule has 0 saturated heterocycles. The fraction of sp³-hybridized carbons (Fsp3) is 0.333. The van der Waals surface area contributed by atoms with Gasteiger partial charge in [0.15, 0.2) is 0 Å². The zero-order valence-corrected chi connectivity index (χ0v) is 6.23. The van der Waals surface area contributed by atoms with Gasteiger partial charge in [0.25, 0.3) is 5.56 Å². The third kappa shape index (κ3) is 1.02. The smallest absolute Gasteiger partial charge is 0.327 e. The van der Waals surface area contributed by atoms with Crippen LogP contribution in [0.3, 0.4) is 0 Å². The summed E-state index contributed by atoms with van der Waals surface area (Å²) in [5.74, 6) is 0.516. The van der Waals surface area contributed by atoms with Crippen molar-refractivity contribution in [3.63, 3.8) is 0 Å². The third-order valence-electron chi connectivity index (χ3n) is 1.73. The van der Waals surface area contributed by atoms with E-state index < -0.39 is 5.69 Å². The Morgan fingerprint density at radius 2 is 2.00 bits per heavy atom. The number of anilines is 1. The molecule has 0 aromatic carbocycles. The maximum absolute atomic E-state index is 11.1. The first kappa shape index (κ1) is 7.11. The molecule has 1 aromatic rings. The summed E-state index contributed by atoms with van der Waals surface area (Å²) < 4.78 is 0. The summed E-state index contributed by atoms with van der Waals surface area (Å²) in [7, 11) is 0. The monoisotopic (exact) mass is 168 g/mol. The Labute approximate surface area is 67.0 Å². The van der Waals surface area contributed by atoms with Crippen molar-refractivity contribution < 1.29 is 0 Å². The first-order chi connectivity index (χ1) is 5.77. The van der Waals surface area contributed by atoms with Gasteiger partial charge in [-0.15, -0.1) is 0 Å². The van der Waals surface area contributed by atoms with Crippen molar-refractivity contribution in [1.82, 2.24) is 15.3 Å². The van der Waals surface area contributed by atoms with Gasteiger partial charge in [0.05, 0.1) is 12.2 Å². The van der Waals surface area contributed by atoms with E-state index in [0.29, 0.717) is 24.6 Å². The quantitative estimate of drug-likeness (QED) is 0.381. The molecule has 0 spiro atoms. The van der Waals surface area contributed by atoms with E-state index >= 15 is 0 Å². The number of hydrogen-bond donors (Lipinski definition) is 4. The molecule has 0 bridgehead atoms. The van der Waals surface area contributed by atoms with E-state index in [1.54, 1.807) is 0 Å². The van der Waals surface area contributed by atoms with Crippen molar-refractivity contribution in [1.29, 1.82) is 0 Å². The lowest BCUT2D eigenvalue weighted by atomic mass is 10.3. The molecular formula is C6H8N4O2. The van der Waals surface area contributed by atoms with Crippen LogP contribution in [0, 0.1) is 0 Å². The molecule has 0 unspecified atom stereocenters. The summed E-state index contributed by atoms with van der Waals surface area (Å²) in [6.45, 7) is 1.04. The van der Waals surface area contributed by atoms with Crippen molar-refractivity contribution in [3.8, 4) is 0 Å². The molecule has 0 atom stereocenters. The van der Waals surface area contributed by atoms with Gasteiger partial charge in [-0.05, 0) is 0 Å². The topological polar surface area (TPSA) is 89.8 Å². The second-order valence-electron chi connectivity index (χ2n) is 2.54. The Balaban J connectivity index is 2.68. The fourth-order valence-corrected chi connectivity index (χ4v) is 1.17. The van der Waals surface area contributed by atoms with Crippen LogP contribution in [0.5, 0.6) is 0 Å². The lowest BCUT2D eigenvalue weighted by molar-refractivity contribution is 0.688. The summed E-state index contributed by atoms with van der Waals surface area (Å²) >= 11 is 0. The van der Waals surface area contributed by atoms with Gasteiger partial charge in [-0.2, -0.15) is 0 Å². The van der Waals surface area contributed by atoms with Crippen LogP contribution in [0.2, 0.25) is 0 Å². The number of rotatable bonds is 0. The summed E-state index contributed by atoms with van der Waals surface area (Å²) in [6.07, 6.45) is 0. The molecule has 2 heterocycles. The Hall–Kier alpha value is -1.56. The average molecular weight is 168 g/mol. The largest absolute Gasteiger partial charge is 0.359 e. The van der Waals surface area contributed by atoms with Crippen LogP contribution in [-0.2, 0) is 6.54 Å². The van der Waals surface area contributed by atoms with Crippen molar-refractivity contribution in [2.75, 3.05) is 12.0 Å². The van der Waals surface area contributed by atoms with Crippen LogP contribution in [0.4, 0.5) is 5.82 Å². The average Bonchev–Trinajstić information content (AvgIpc) is 2.04. The maximum atomic E-state index is 11.1. The Morgan fingerprint density at radius 3 is 2.83 bits per heavy atom. The summed E-state index contributed by atoms with van der Waals surface area (Å²) in [5.41, 5.74) is -0.276. The van der Waals surface area contributed by atoms with Gasteiger partial charge in [-0.3, -0.25) is 20.1 Å². The normalized spacial score (nSPS) is 15.0. The zero-order chi connectivity index (χ0) is 8.55. The molecule has 0 radical (unpaired) electrons. The molecule has 2 rings (SSSR count). The highest BCUT2D eigenvalue weighted by Gasteiger charge is 2.11. The maximum Gasteiger partial charge on any atom is 0.327 e. The molecule has 4 N–H and O–H groups in total. The highest BCUT2D eigenvalue weighted by Crippen LogP contribution is 2.06. The van der Waals surface area contributed by atoms with Crippen LogP contribution in [0.25, 0.3) is 0 Å². The van der Waals surface area contributed by atoms with Gasteiger partial charge < -0.3 is 5.32 Å². The van der Waals surface area contributed by atoms with E-state index in [1.807, 2.05) is 0 Å². The summed E-state index contributed by atoms with van der Waals surface area (Å²) in [4.78, 5) is 26.6. The van der Waals surface area contributed by atoms with Crippen molar-refractivity contribution in [3.05, 3.63) is 26.4 Å². The Kier molecular flexibility index (Phi) is 1.47. The molecule has 12 heavy (non-hydrogen) atoms. The second kappa shape index (κ2) is 2.49. The van der Waals surface area contributed by atoms with E-state index in [2.05, 4.69) is 20.6 Å². The molecule has 1 aliphatic heterocycles. The first-order valence-corrected chi connectivity index (χ1v) is 3.57. The second-order valence-corrected chi connectivity index (χ2v) is 2.54. The van der Waals surface area contributed by atoms with Crippen LogP contribution < -0.4 is 21.9 Å².